The molecule has 10 aromatic rings. The van der Waals surface area contributed by atoms with E-state index in [9.17, 15) is 0 Å². The SMILES string of the molecule is C=C(/C=C\c1c(C)c2ccccc2n1-c1ccc2c(c1)C(C)(C)c1ccccc1-2)c1ccc2c(c1)c1cc(-c3ccccc3)ccc1n2-c1ccc2c(c1)C(C)(C)c1ccccc1-2. The Kier molecular flexibility index (Phi) is 8.03. The van der Waals surface area contributed by atoms with Gasteiger partial charge < -0.3 is 9.13 Å². The van der Waals surface area contributed by atoms with Crippen LogP contribution in [-0.4, -0.2) is 9.13 Å². The Bertz CT molecular complexity index is 3580. The van der Waals surface area contributed by atoms with Crippen LogP contribution in [0.1, 0.15) is 66.8 Å². The lowest BCUT2D eigenvalue weighted by molar-refractivity contribution is 0.659. The molecule has 0 fully saturated rings. The van der Waals surface area contributed by atoms with Crippen molar-refractivity contribution in [1.29, 1.82) is 0 Å². The molecule has 0 saturated heterocycles. The molecule has 2 heterocycles. The molecule has 0 amide bonds. The Morgan fingerprint density at radius 1 is 0.444 bits per heavy atom. The topological polar surface area (TPSA) is 9.86 Å². The number of aromatic nitrogens is 2. The van der Waals surface area contributed by atoms with Crippen molar-refractivity contribution in [3.63, 3.8) is 0 Å². The number of rotatable bonds is 6. The van der Waals surface area contributed by atoms with E-state index in [-0.39, 0.29) is 10.8 Å². The van der Waals surface area contributed by atoms with Gasteiger partial charge in [-0.05, 0) is 140 Å². The van der Waals surface area contributed by atoms with Crippen LogP contribution >= 0.6 is 0 Å². The summed E-state index contributed by atoms with van der Waals surface area (Å²) in [5, 5.41) is 3.70. The number of nitrogens with zero attached hydrogens (tertiary/aromatic N) is 2. The Morgan fingerprint density at radius 3 is 1.63 bits per heavy atom. The smallest absolute Gasteiger partial charge is 0.0541 e. The summed E-state index contributed by atoms with van der Waals surface area (Å²) in [4.78, 5) is 0. The lowest BCUT2D eigenvalue weighted by atomic mass is 9.82. The molecule has 0 radical (unpaired) electrons. The molecule has 2 nitrogen and oxygen atoms in total. The maximum absolute atomic E-state index is 4.70. The molecule has 2 aromatic heterocycles. The first kappa shape index (κ1) is 37.4. The molecular formula is C61H48N2. The fourth-order valence-corrected chi connectivity index (χ4v) is 11.1. The third kappa shape index (κ3) is 5.44. The quantitative estimate of drug-likeness (QED) is 0.148. The second-order valence-corrected chi connectivity index (χ2v) is 18.7. The van der Waals surface area contributed by atoms with Crippen LogP contribution < -0.4 is 0 Å². The van der Waals surface area contributed by atoms with Gasteiger partial charge in [-0.25, -0.2) is 0 Å². The van der Waals surface area contributed by atoms with Crippen molar-refractivity contribution in [1.82, 2.24) is 9.13 Å². The first-order chi connectivity index (χ1) is 30.6. The van der Waals surface area contributed by atoms with E-state index in [1.54, 1.807) is 0 Å². The predicted molar refractivity (Wildman–Crippen MR) is 267 cm³/mol. The Morgan fingerprint density at radius 2 is 0.968 bits per heavy atom. The molecule has 0 atom stereocenters. The highest BCUT2D eigenvalue weighted by molar-refractivity contribution is 6.11. The van der Waals surface area contributed by atoms with Crippen molar-refractivity contribution in [2.75, 3.05) is 0 Å². The van der Waals surface area contributed by atoms with Crippen LogP contribution in [0.25, 0.3) is 89.1 Å². The van der Waals surface area contributed by atoms with Gasteiger partial charge in [0, 0.05) is 44.1 Å². The maximum Gasteiger partial charge on any atom is 0.0541 e. The third-order valence-electron chi connectivity index (χ3n) is 14.5. The summed E-state index contributed by atoms with van der Waals surface area (Å²) in [5.74, 6) is 0. The highest BCUT2D eigenvalue weighted by Gasteiger charge is 2.37. The first-order valence-electron chi connectivity index (χ1n) is 22.2. The molecule has 2 aliphatic carbocycles. The summed E-state index contributed by atoms with van der Waals surface area (Å²) in [6.07, 6.45) is 4.48. The van der Waals surface area contributed by atoms with Crippen molar-refractivity contribution in [3.8, 4) is 44.8 Å². The number of allylic oxidation sites excluding steroid dienone is 2. The monoisotopic (exact) mass is 808 g/mol. The van der Waals surface area contributed by atoms with E-state index in [0.29, 0.717) is 0 Å². The Balaban J connectivity index is 0.978. The van der Waals surface area contributed by atoms with Crippen molar-refractivity contribution in [2.45, 2.75) is 45.4 Å². The van der Waals surface area contributed by atoms with Gasteiger partial charge in [0.05, 0.1) is 16.6 Å². The molecule has 0 unspecified atom stereocenters. The van der Waals surface area contributed by atoms with Crippen LogP contribution in [0.4, 0.5) is 0 Å². The standard InChI is InChI=1S/C61H48N2/c1-38(24-31-56-39(2)45-18-12-15-23-57(45)62(56)43-27-29-48-46-19-10-13-21-52(46)60(3,4)54(48)36-43)41-25-32-58-50(34-41)51-35-42(40-16-8-7-9-17-40)26-33-59(51)63(58)44-28-30-49-47-20-11-14-22-53(47)61(5,6)55(49)37-44/h7-37H,1H2,2-6H3/b31-24-. The second-order valence-electron chi connectivity index (χ2n) is 18.7. The zero-order valence-corrected chi connectivity index (χ0v) is 36.5. The van der Waals surface area contributed by atoms with Crippen molar-refractivity contribution in [3.05, 3.63) is 228 Å². The fraction of sp³-hybridized carbons (Fsp3) is 0.115. The van der Waals surface area contributed by atoms with Gasteiger partial charge in [-0.2, -0.15) is 0 Å². The zero-order chi connectivity index (χ0) is 42.8. The Hall–Kier alpha value is -7.42. The molecule has 0 aliphatic heterocycles. The van der Waals surface area contributed by atoms with Gasteiger partial charge in [0.2, 0.25) is 0 Å². The number of hydrogen-bond donors (Lipinski definition) is 0. The molecule has 2 aliphatic rings. The lowest BCUT2D eigenvalue weighted by Crippen LogP contribution is -2.15. The molecular weight excluding hydrogens is 761 g/mol. The molecule has 0 spiro atoms. The number of hydrogen-bond acceptors (Lipinski definition) is 0. The molecule has 12 rings (SSSR count). The van der Waals surface area contributed by atoms with Crippen molar-refractivity contribution >= 4 is 44.4 Å². The van der Waals surface area contributed by atoms with Crippen LogP contribution in [0.15, 0.2) is 189 Å². The minimum atomic E-state index is -0.0918. The highest BCUT2D eigenvalue weighted by atomic mass is 15.0. The summed E-state index contributed by atoms with van der Waals surface area (Å²) in [6, 6.07) is 65.2. The van der Waals surface area contributed by atoms with E-state index in [2.05, 4.69) is 232 Å². The van der Waals surface area contributed by atoms with E-state index >= 15 is 0 Å². The summed E-state index contributed by atoms with van der Waals surface area (Å²) < 4.78 is 4.89. The maximum atomic E-state index is 4.70. The predicted octanol–water partition coefficient (Wildman–Crippen LogP) is 16.0. The fourth-order valence-electron chi connectivity index (χ4n) is 11.1. The average Bonchev–Trinajstić information content (AvgIpc) is 3.95. The molecule has 63 heavy (non-hydrogen) atoms. The molecule has 0 saturated carbocycles. The van der Waals surface area contributed by atoms with Gasteiger partial charge in [-0.15, -0.1) is 0 Å². The van der Waals surface area contributed by atoms with Gasteiger partial charge in [-0.3, -0.25) is 0 Å². The lowest BCUT2D eigenvalue weighted by Gasteiger charge is -2.22. The van der Waals surface area contributed by atoms with E-state index in [1.165, 1.54) is 105 Å². The molecule has 0 N–H and O–H groups in total. The van der Waals surface area contributed by atoms with Gasteiger partial charge in [0.25, 0.3) is 0 Å². The molecule has 302 valence electrons. The van der Waals surface area contributed by atoms with Gasteiger partial charge in [-0.1, -0.05) is 162 Å². The van der Waals surface area contributed by atoms with Crippen LogP contribution in [0.3, 0.4) is 0 Å². The number of benzene rings is 8. The largest absolute Gasteiger partial charge is 0.310 e. The number of fused-ring (bicyclic) bond motifs is 10. The van der Waals surface area contributed by atoms with Crippen molar-refractivity contribution in [2.24, 2.45) is 0 Å². The van der Waals surface area contributed by atoms with Crippen molar-refractivity contribution < 1.29 is 0 Å². The molecule has 8 aromatic carbocycles. The zero-order valence-electron chi connectivity index (χ0n) is 36.5. The van der Waals surface area contributed by atoms with Crippen LogP contribution in [-0.2, 0) is 10.8 Å². The molecule has 0 bridgehead atoms. The normalized spacial score (nSPS) is 14.4. The van der Waals surface area contributed by atoms with Gasteiger partial charge >= 0.3 is 0 Å². The van der Waals surface area contributed by atoms with Gasteiger partial charge in [0.1, 0.15) is 0 Å². The van der Waals surface area contributed by atoms with E-state index in [0.717, 1.165) is 16.8 Å². The highest BCUT2D eigenvalue weighted by Crippen LogP contribution is 2.51. The van der Waals surface area contributed by atoms with E-state index < -0.39 is 0 Å². The third-order valence-corrected chi connectivity index (χ3v) is 14.5. The summed E-state index contributed by atoms with van der Waals surface area (Å²) in [6.45, 7) is 16.4. The molecule has 2 heteroatoms. The minimum absolute atomic E-state index is 0.0865. The number of para-hydroxylation sites is 1. The Labute approximate surface area is 369 Å². The van der Waals surface area contributed by atoms with Crippen LogP contribution in [0.5, 0.6) is 0 Å². The summed E-state index contributed by atoms with van der Waals surface area (Å²) >= 11 is 0. The second kappa shape index (κ2) is 13.5. The summed E-state index contributed by atoms with van der Waals surface area (Å²) in [5.41, 5.74) is 23.5. The van der Waals surface area contributed by atoms with E-state index in [4.69, 9.17) is 6.58 Å². The van der Waals surface area contributed by atoms with Crippen LogP contribution in [0, 0.1) is 6.92 Å². The van der Waals surface area contributed by atoms with Crippen LogP contribution in [0.2, 0.25) is 0 Å². The number of aryl methyl sites for hydroxylation is 1. The minimum Gasteiger partial charge on any atom is -0.310 e. The first-order valence-corrected chi connectivity index (χ1v) is 22.2. The average molecular weight is 809 g/mol. The van der Waals surface area contributed by atoms with Gasteiger partial charge in [0.15, 0.2) is 0 Å². The van der Waals surface area contributed by atoms with E-state index in [1.807, 2.05) is 0 Å². The summed E-state index contributed by atoms with van der Waals surface area (Å²) in [7, 11) is 0.